The van der Waals surface area contributed by atoms with Crippen molar-refractivity contribution in [2.75, 3.05) is 7.11 Å². The quantitative estimate of drug-likeness (QED) is 0.804. The lowest BCUT2D eigenvalue weighted by Crippen LogP contribution is -2.05. The molecular formula is C15H16N2O3. The zero-order chi connectivity index (χ0) is 14.7. The zero-order valence-corrected chi connectivity index (χ0v) is 11.9. The molecule has 20 heavy (non-hydrogen) atoms. The van der Waals surface area contributed by atoms with Gasteiger partial charge < -0.3 is 9.47 Å². The van der Waals surface area contributed by atoms with Crippen LogP contribution in [0, 0.1) is 20.8 Å². The van der Waals surface area contributed by atoms with E-state index in [4.69, 9.17) is 4.74 Å². The van der Waals surface area contributed by atoms with Crippen LogP contribution >= 0.6 is 0 Å². The number of benzene rings is 1. The van der Waals surface area contributed by atoms with Crippen molar-refractivity contribution in [1.82, 2.24) is 9.97 Å². The van der Waals surface area contributed by atoms with E-state index in [-0.39, 0.29) is 11.6 Å². The lowest BCUT2D eigenvalue weighted by molar-refractivity contribution is 0.0592. The van der Waals surface area contributed by atoms with Crippen molar-refractivity contribution in [2.45, 2.75) is 20.8 Å². The van der Waals surface area contributed by atoms with Crippen molar-refractivity contribution in [3.63, 3.8) is 0 Å². The molecule has 0 atom stereocenters. The fraction of sp³-hybridized carbons (Fsp3) is 0.267. The van der Waals surface area contributed by atoms with Crippen molar-refractivity contribution in [2.24, 2.45) is 0 Å². The number of aromatic nitrogens is 2. The minimum absolute atomic E-state index is 0.118. The smallest absolute Gasteiger partial charge is 0.358 e. The molecule has 0 fully saturated rings. The molecule has 0 N–H and O–H groups in total. The van der Waals surface area contributed by atoms with Gasteiger partial charge in [-0.05, 0) is 43.5 Å². The summed E-state index contributed by atoms with van der Waals surface area (Å²) in [5, 5.41) is 0. The Morgan fingerprint density at radius 2 is 1.90 bits per heavy atom. The Morgan fingerprint density at radius 1 is 1.15 bits per heavy atom. The minimum atomic E-state index is -0.542. The lowest BCUT2D eigenvalue weighted by Gasteiger charge is -2.11. The molecular weight excluding hydrogens is 256 g/mol. The molecule has 0 aliphatic rings. The summed E-state index contributed by atoms with van der Waals surface area (Å²) in [6.45, 7) is 5.99. The van der Waals surface area contributed by atoms with E-state index in [1.165, 1.54) is 19.5 Å². The summed E-state index contributed by atoms with van der Waals surface area (Å²) in [6.07, 6.45) is 2.80. The Kier molecular flexibility index (Phi) is 3.98. The average Bonchev–Trinajstić information content (AvgIpc) is 2.43. The van der Waals surface area contributed by atoms with Crippen LogP contribution in [0.5, 0.6) is 11.6 Å². The molecule has 0 aliphatic heterocycles. The number of carbonyl (C=O) groups is 1. The molecule has 104 valence electrons. The number of methoxy groups -OCH3 is 1. The van der Waals surface area contributed by atoms with Crippen LogP contribution in [0.25, 0.3) is 0 Å². The highest BCUT2D eigenvalue weighted by atomic mass is 16.5. The Labute approximate surface area is 117 Å². The van der Waals surface area contributed by atoms with Gasteiger partial charge in [0.1, 0.15) is 5.75 Å². The molecule has 0 unspecified atom stereocenters. The predicted molar refractivity (Wildman–Crippen MR) is 74.1 cm³/mol. The highest BCUT2D eigenvalue weighted by Gasteiger charge is 2.11. The van der Waals surface area contributed by atoms with Crippen molar-refractivity contribution >= 4 is 5.97 Å². The van der Waals surface area contributed by atoms with Gasteiger partial charge in [0.25, 0.3) is 0 Å². The molecule has 5 heteroatoms. The van der Waals surface area contributed by atoms with Crippen LogP contribution in [0.2, 0.25) is 0 Å². The van der Waals surface area contributed by atoms with Crippen molar-refractivity contribution in [1.29, 1.82) is 0 Å². The SMILES string of the molecule is COC(=O)c1cncc(Oc2cc(C)cc(C)c2C)n1. The van der Waals surface area contributed by atoms with E-state index in [0.29, 0.717) is 5.75 Å². The second kappa shape index (κ2) is 5.69. The van der Waals surface area contributed by atoms with Crippen molar-refractivity contribution < 1.29 is 14.3 Å². The Balaban J connectivity index is 2.33. The third-order valence-electron chi connectivity index (χ3n) is 2.99. The Bertz CT molecular complexity index is 654. The monoisotopic (exact) mass is 272 g/mol. The van der Waals surface area contributed by atoms with Gasteiger partial charge in [0.15, 0.2) is 5.69 Å². The third kappa shape index (κ3) is 2.93. The number of hydrogen-bond acceptors (Lipinski definition) is 5. The number of esters is 1. The van der Waals surface area contributed by atoms with Crippen molar-refractivity contribution in [3.05, 3.63) is 46.9 Å². The first-order valence-corrected chi connectivity index (χ1v) is 6.17. The molecule has 1 aromatic carbocycles. The van der Waals surface area contributed by atoms with E-state index in [9.17, 15) is 4.79 Å². The van der Waals surface area contributed by atoms with Crippen LogP contribution in [-0.4, -0.2) is 23.0 Å². The molecule has 5 nitrogen and oxygen atoms in total. The highest BCUT2D eigenvalue weighted by molar-refractivity contribution is 5.86. The number of ether oxygens (including phenoxy) is 2. The molecule has 0 radical (unpaired) electrons. The van der Waals surface area contributed by atoms with Crippen LogP contribution in [0.4, 0.5) is 0 Å². The molecule has 1 aromatic heterocycles. The number of nitrogens with zero attached hydrogens (tertiary/aromatic N) is 2. The molecule has 0 bridgehead atoms. The molecule has 0 spiro atoms. The number of carbonyl (C=O) groups excluding carboxylic acids is 1. The number of aryl methyl sites for hydroxylation is 2. The Hall–Kier alpha value is -2.43. The summed E-state index contributed by atoms with van der Waals surface area (Å²) in [4.78, 5) is 19.4. The first-order valence-electron chi connectivity index (χ1n) is 6.17. The summed E-state index contributed by atoms with van der Waals surface area (Å²) in [7, 11) is 1.30. The average molecular weight is 272 g/mol. The number of rotatable bonds is 3. The van der Waals surface area contributed by atoms with E-state index >= 15 is 0 Å². The molecule has 0 saturated carbocycles. The highest BCUT2D eigenvalue weighted by Crippen LogP contribution is 2.27. The summed E-state index contributed by atoms with van der Waals surface area (Å²) in [5.41, 5.74) is 3.38. The third-order valence-corrected chi connectivity index (χ3v) is 2.99. The molecule has 0 saturated heterocycles. The largest absolute Gasteiger partial charge is 0.464 e. The topological polar surface area (TPSA) is 61.3 Å². The first-order chi connectivity index (χ1) is 9.51. The standard InChI is InChI=1S/C15H16N2O3/c1-9-5-10(2)11(3)13(6-9)20-14-8-16-7-12(17-14)15(18)19-4/h5-8H,1-4H3. The fourth-order valence-electron chi connectivity index (χ4n) is 1.82. The van der Waals surface area contributed by atoms with Gasteiger partial charge in [0.2, 0.25) is 5.88 Å². The van der Waals surface area contributed by atoms with Crippen LogP contribution in [-0.2, 0) is 4.74 Å². The molecule has 0 amide bonds. The van der Waals surface area contributed by atoms with Crippen LogP contribution in [0.3, 0.4) is 0 Å². The molecule has 0 aliphatic carbocycles. The van der Waals surface area contributed by atoms with Gasteiger partial charge in [0, 0.05) is 0 Å². The van der Waals surface area contributed by atoms with Crippen LogP contribution in [0.15, 0.2) is 24.5 Å². The van der Waals surface area contributed by atoms with Crippen LogP contribution < -0.4 is 4.74 Å². The summed E-state index contributed by atoms with van der Waals surface area (Å²) >= 11 is 0. The van der Waals surface area contributed by atoms with Crippen LogP contribution in [0.1, 0.15) is 27.2 Å². The zero-order valence-electron chi connectivity index (χ0n) is 11.9. The normalized spacial score (nSPS) is 10.2. The number of hydrogen-bond donors (Lipinski definition) is 0. The predicted octanol–water partition coefficient (Wildman–Crippen LogP) is 2.98. The maximum absolute atomic E-state index is 11.4. The van der Waals surface area contributed by atoms with E-state index < -0.39 is 5.97 Å². The van der Waals surface area contributed by atoms with Gasteiger partial charge in [-0.2, -0.15) is 0 Å². The summed E-state index contributed by atoms with van der Waals surface area (Å²) < 4.78 is 10.3. The van der Waals surface area contributed by atoms with E-state index in [0.717, 1.165) is 16.7 Å². The van der Waals surface area contributed by atoms with Gasteiger partial charge in [-0.1, -0.05) is 6.07 Å². The van der Waals surface area contributed by atoms with Gasteiger partial charge in [-0.25, -0.2) is 9.78 Å². The minimum Gasteiger partial charge on any atom is -0.464 e. The summed E-state index contributed by atoms with van der Waals surface area (Å²) in [5.74, 6) is 0.430. The molecule has 1 heterocycles. The Morgan fingerprint density at radius 3 is 2.60 bits per heavy atom. The molecule has 2 aromatic rings. The molecule has 2 rings (SSSR count). The van der Waals surface area contributed by atoms with Crippen molar-refractivity contribution in [3.8, 4) is 11.6 Å². The first kappa shape index (κ1) is 14.0. The summed E-state index contributed by atoms with van der Waals surface area (Å²) in [6, 6.07) is 4.01. The van der Waals surface area contributed by atoms with Gasteiger partial charge >= 0.3 is 5.97 Å². The van der Waals surface area contributed by atoms with Gasteiger partial charge in [0.05, 0.1) is 19.5 Å². The maximum Gasteiger partial charge on any atom is 0.358 e. The lowest BCUT2D eigenvalue weighted by atomic mass is 10.1. The second-order valence-electron chi connectivity index (χ2n) is 4.54. The fourth-order valence-corrected chi connectivity index (χ4v) is 1.82. The second-order valence-corrected chi connectivity index (χ2v) is 4.54. The maximum atomic E-state index is 11.4. The van der Waals surface area contributed by atoms with E-state index in [1.54, 1.807) is 0 Å². The van der Waals surface area contributed by atoms with E-state index in [2.05, 4.69) is 20.8 Å². The van der Waals surface area contributed by atoms with Gasteiger partial charge in [-0.15, -0.1) is 0 Å². The van der Waals surface area contributed by atoms with E-state index in [1.807, 2.05) is 26.8 Å². The van der Waals surface area contributed by atoms with Gasteiger partial charge in [-0.3, -0.25) is 4.98 Å².